The summed E-state index contributed by atoms with van der Waals surface area (Å²) in [6.45, 7) is 8.03. The highest BCUT2D eigenvalue weighted by Crippen LogP contribution is 2.68. The average Bonchev–Trinajstić information content (AvgIpc) is 3.34. The molecule has 1 heterocycles. The van der Waals surface area contributed by atoms with Gasteiger partial charge in [-0.25, -0.2) is 14.4 Å². The van der Waals surface area contributed by atoms with E-state index in [4.69, 9.17) is 33.2 Å². The third-order valence-electron chi connectivity index (χ3n) is 10.9. The van der Waals surface area contributed by atoms with Crippen LogP contribution in [0, 0.1) is 17.3 Å². The van der Waals surface area contributed by atoms with Crippen molar-refractivity contribution in [3.05, 3.63) is 108 Å². The van der Waals surface area contributed by atoms with Crippen molar-refractivity contribution in [3.63, 3.8) is 0 Å². The summed E-state index contributed by atoms with van der Waals surface area (Å²) in [5.74, 6) is -6.46. The number of esters is 6. The van der Waals surface area contributed by atoms with Crippen LogP contribution in [-0.4, -0.2) is 84.1 Å². The van der Waals surface area contributed by atoms with Crippen LogP contribution in [0.3, 0.4) is 0 Å². The Kier molecular flexibility index (Phi) is 10.9. The summed E-state index contributed by atoms with van der Waals surface area (Å²) >= 11 is 0. The van der Waals surface area contributed by atoms with Crippen LogP contribution < -0.4 is 0 Å². The Labute approximate surface area is 318 Å². The fourth-order valence-electron chi connectivity index (χ4n) is 8.99. The van der Waals surface area contributed by atoms with Gasteiger partial charge in [0.25, 0.3) is 0 Å². The van der Waals surface area contributed by atoms with Crippen molar-refractivity contribution in [2.45, 2.75) is 89.7 Å². The maximum absolute atomic E-state index is 14.2. The number of rotatable bonds is 10. The van der Waals surface area contributed by atoms with Gasteiger partial charge in [-0.3, -0.25) is 14.4 Å². The zero-order valence-electron chi connectivity index (χ0n) is 31.4. The summed E-state index contributed by atoms with van der Waals surface area (Å²) < 4.78 is 44.3. The van der Waals surface area contributed by atoms with Crippen molar-refractivity contribution in [1.82, 2.24) is 0 Å². The van der Waals surface area contributed by atoms with Gasteiger partial charge in [-0.2, -0.15) is 0 Å². The fraction of sp³-hybridized carbons (Fsp3) is 0.429. The van der Waals surface area contributed by atoms with Crippen LogP contribution in [-0.2, 0) is 47.5 Å². The normalized spacial score (nSPS) is 30.1. The van der Waals surface area contributed by atoms with Crippen molar-refractivity contribution >= 4 is 35.8 Å². The minimum absolute atomic E-state index is 0.0109. The van der Waals surface area contributed by atoms with Gasteiger partial charge in [0.15, 0.2) is 12.2 Å². The molecule has 6 rings (SSSR count). The summed E-state index contributed by atoms with van der Waals surface area (Å²) in [6.07, 6.45) is -7.25. The molecule has 3 aliphatic rings. The van der Waals surface area contributed by atoms with Crippen LogP contribution in [0.2, 0.25) is 0 Å². The number of ether oxygens (including phenoxy) is 7. The van der Waals surface area contributed by atoms with Crippen LogP contribution in [0.25, 0.3) is 0 Å². The molecule has 2 aliphatic carbocycles. The summed E-state index contributed by atoms with van der Waals surface area (Å²) in [5, 5.41) is 0. The summed E-state index contributed by atoms with van der Waals surface area (Å²) in [5.41, 5.74) is -4.67. The van der Waals surface area contributed by atoms with Gasteiger partial charge in [0.2, 0.25) is 0 Å². The molecule has 2 saturated carbocycles. The Morgan fingerprint density at radius 2 is 1.05 bits per heavy atom. The highest BCUT2D eigenvalue weighted by atomic mass is 16.6. The first-order valence-electron chi connectivity index (χ1n) is 18.1. The molecular weight excluding hydrogens is 712 g/mol. The van der Waals surface area contributed by atoms with E-state index >= 15 is 0 Å². The van der Waals surface area contributed by atoms with Gasteiger partial charge < -0.3 is 33.2 Å². The highest BCUT2D eigenvalue weighted by Gasteiger charge is 2.85. The molecule has 1 saturated heterocycles. The van der Waals surface area contributed by atoms with E-state index in [1.807, 2.05) is 0 Å². The quantitative estimate of drug-likeness (QED) is 0.194. The van der Waals surface area contributed by atoms with E-state index in [0.29, 0.717) is 0 Å². The second-order valence-electron chi connectivity index (χ2n) is 14.8. The molecule has 13 nitrogen and oxygen atoms in total. The van der Waals surface area contributed by atoms with Crippen molar-refractivity contribution < 1.29 is 61.9 Å². The van der Waals surface area contributed by atoms with Gasteiger partial charge in [-0.05, 0) is 62.6 Å². The molecular formula is C42H44O13. The number of carbonyl (C=O) groups excluding carboxylic acids is 6. The Hall–Kier alpha value is -5.56. The van der Waals surface area contributed by atoms with E-state index in [1.165, 1.54) is 38.1 Å². The third kappa shape index (κ3) is 7.08. The molecule has 55 heavy (non-hydrogen) atoms. The van der Waals surface area contributed by atoms with Gasteiger partial charge in [0.05, 0.1) is 28.2 Å². The number of fused-ring (bicyclic) bond motifs is 1. The standard InChI is InChI=1S/C42H44O13/c1-24-22-31(53-38(47)29-18-12-8-13-19-29)34(51-26(3)44)41(23-49-37(46)28-16-10-7-11-17-28)36(54-39(48)30-20-14-9-15-21-30)33(50-25(2)43)32-35(52-27(4)45)42(24,41)55-40(32,5)6/h7-21,24,31-36H,22-23H2,1-6H3. The molecule has 9 atom stereocenters. The number of hydrogen-bond acceptors (Lipinski definition) is 13. The van der Waals surface area contributed by atoms with Gasteiger partial charge in [0.1, 0.15) is 35.9 Å². The lowest BCUT2D eigenvalue weighted by atomic mass is 9.47. The van der Waals surface area contributed by atoms with E-state index in [-0.39, 0.29) is 23.1 Å². The molecule has 3 aromatic carbocycles. The number of hydrogen-bond donors (Lipinski definition) is 0. The second-order valence-corrected chi connectivity index (χ2v) is 14.8. The Bertz CT molecular complexity index is 1930. The molecule has 1 aliphatic heterocycles. The summed E-state index contributed by atoms with van der Waals surface area (Å²) in [7, 11) is 0. The maximum Gasteiger partial charge on any atom is 0.338 e. The number of benzene rings is 3. The Balaban J connectivity index is 1.65. The predicted molar refractivity (Wildman–Crippen MR) is 192 cm³/mol. The van der Waals surface area contributed by atoms with Crippen molar-refractivity contribution in [2.24, 2.45) is 17.3 Å². The summed E-state index contributed by atoms with van der Waals surface area (Å²) in [6, 6.07) is 24.3. The first-order valence-corrected chi connectivity index (χ1v) is 18.1. The van der Waals surface area contributed by atoms with E-state index in [9.17, 15) is 28.8 Å². The fourth-order valence-corrected chi connectivity index (χ4v) is 8.99. The van der Waals surface area contributed by atoms with E-state index < -0.39 is 101 Å². The molecule has 3 fully saturated rings. The molecule has 0 N–H and O–H groups in total. The van der Waals surface area contributed by atoms with Crippen molar-refractivity contribution in [1.29, 1.82) is 0 Å². The first kappa shape index (κ1) is 39.1. The first-order chi connectivity index (χ1) is 26.1. The van der Waals surface area contributed by atoms with Crippen LogP contribution in [0.4, 0.5) is 0 Å². The lowest BCUT2D eigenvalue weighted by Gasteiger charge is -2.64. The van der Waals surface area contributed by atoms with Crippen LogP contribution in [0.1, 0.15) is 79.0 Å². The maximum atomic E-state index is 14.2. The van der Waals surface area contributed by atoms with Gasteiger partial charge in [0, 0.05) is 20.8 Å². The van der Waals surface area contributed by atoms with Crippen molar-refractivity contribution in [3.8, 4) is 0 Å². The lowest BCUT2D eigenvalue weighted by Crippen LogP contribution is -2.81. The smallest absolute Gasteiger partial charge is 0.338 e. The topological polar surface area (TPSA) is 167 Å². The minimum Gasteiger partial charge on any atom is -0.461 e. The highest BCUT2D eigenvalue weighted by molar-refractivity contribution is 5.91. The largest absolute Gasteiger partial charge is 0.461 e. The molecule has 2 bridgehead atoms. The average molecular weight is 757 g/mol. The lowest BCUT2D eigenvalue weighted by molar-refractivity contribution is -0.327. The molecule has 0 amide bonds. The zero-order valence-corrected chi connectivity index (χ0v) is 31.4. The number of carbonyl (C=O) groups is 6. The van der Waals surface area contributed by atoms with Crippen LogP contribution >= 0.6 is 0 Å². The molecule has 9 unspecified atom stereocenters. The SMILES string of the molecule is CC(=O)OC1C2C(OC(C)=O)C3(OC2(C)C)C(C)CC(OC(=O)c2ccccc2)C(OC(C)=O)C3(COC(=O)c2ccccc2)C1OC(=O)c1ccccc1. The molecule has 290 valence electrons. The molecule has 0 aromatic heterocycles. The predicted octanol–water partition coefficient (Wildman–Crippen LogP) is 5.29. The monoisotopic (exact) mass is 756 g/mol. The molecule has 1 spiro atoms. The van der Waals surface area contributed by atoms with Gasteiger partial charge >= 0.3 is 35.8 Å². The zero-order chi connectivity index (χ0) is 39.7. The van der Waals surface area contributed by atoms with E-state index in [0.717, 1.165) is 6.92 Å². The molecule has 3 aromatic rings. The second kappa shape index (κ2) is 15.3. The minimum atomic E-state index is -2.09. The Morgan fingerprint density at radius 1 is 0.600 bits per heavy atom. The van der Waals surface area contributed by atoms with Crippen LogP contribution in [0.5, 0.6) is 0 Å². The third-order valence-corrected chi connectivity index (χ3v) is 10.9. The van der Waals surface area contributed by atoms with Crippen molar-refractivity contribution in [2.75, 3.05) is 6.61 Å². The molecule has 0 radical (unpaired) electrons. The van der Waals surface area contributed by atoms with Gasteiger partial charge in [-0.1, -0.05) is 61.5 Å². The van der Waals surface area contributed by atoms with E-state index in [1.54, 1.807) is 87.5 Å². The summed E-state index contributed by atoms with van der Waals surface area (Å²) in [4.78, 5) is 81.3. The van der Waals surface area contributed by atoms with Crippen LogP contribution in [0.15, 0.2) is 91.0 Å². The molecule has 13 heteroatoms. The van der Waals surface area contributed by atoms with Gasteiger partial charge in [-0.15, -0.1) is 0 Å². The van der Waals surface area contributed by atoms with E-state index in [2.05, 4.69) is 0 Å². The Morgan fingerprint density at radius 3 is 1.55 bits per heavy atom.